The van der Waals surface area contributed by atoms with Crippen molar-refractivity contribution in [3.8, 4) is 0 Å². The van der Waals surface area contributed by atoms with Gasteiger partial charge in [-0.05, 0) is 32.1 Å². The molecule has 3 N–H and O–H groups in total. The van der Waals surface area contributed by atoms with Gasteiger partial charge >= 0.3 is 0 Å². The number of aliphatic hydroxyl groups is 1. The van der Waals surface area contributed by atoms with Crippen LogP contribution >= 0.6 is 0 Å². The number of nitrogens with one attached hydrogen (secondary N) is 2. The highest BCUT2D eigenvalue weighted by Crippen LogP contribution is 2.32. The third kappa shape index (κ3) is 5.41. The van der Waals surface area contributed by atoms with E-state index in [1.165, 1.54) is 6.42 Å². The Balaban J connectivity index is 2.41. The van der Waals surface area contributed by atoms with Crippen molar-refractivity contribution in [2.75, 3.05) is 13.2 Å². The van der Waals surface area contributed by atoms with Crippen LogP contribution in [0.3, 0.4) is 0 Å². The number of unbranched alkanes of at least 4 members (excludes halogenated alkanes) is 2. The summed E-state index contributed by atoms with van der Waals surface area (Å²) >= 11 is 0. The summed E-state index contributed by atoms with van der Waals surface area (Å²) in [5.41, 5.74) is -0.266. The topological polar surface area (TPSA) is 61.4 Å². The number of carbonyl (C=O) groups is 1. The van der Waals surface area contributed by atoms with Crippen molar-refractivity contribution in [1.82, 2.24) is 10.6 Å². The van der Waals surface area contributed by atoms with Gasteiger partial charge in [-0.3, -0.25) is 10.1 Å². The monoisotopic (exact) mass is 284 g/mol. The standard InChI is InChI=1S/C16H32N2O2/c1-4-5-6-10-17-15(20)14(3)18-16(12-19)9-7-8-13(2)11-16/h13-14,18-19H,4-12H2,1-3H3,(H,17,20). The van der Waals surface area contributed by atoms with Crippen molar-refractivity contribution in [1.29, 1.82) is 0 Å². The summed E-state index contributed by atoms with van der Waals surface area (Å²) in [6, 6.07) is -0.242. The van der Waals surface area contributed by atoms with E-state index in [4.69, 9.17) is 0 Å². The molecule has 1 fully saturated rings. The van der Waals surface area contributed by atoms with Crippen molar-refractivity contribution in [3.05, 3.63) is 0 Å². The van der Waals surface area contributed by atoms with Crippen molar-refractivity contribution < 1.29 is 9.90 Å². The summed E-state index contributed by atoms with van der Waals surface area (Å²) in [4.78, 5) is 12.1. The fourth-order valence-corrected chi connectivity index (χ4v) is 3.24. The van der Waals surface area contributed by atoms with Crippen LogP contribution in [0.25, 0.3) is 0 Å². The first-order valence-corrected chi connectivity index (χ1v) is 8.19. The third-order valence-corrected chi connectivity index (χ3v) is 4.39. The maximum absolute atomic E-state index is 12.1. The summed E-state index contributed by atoms with van der Waals surface area (Å²) in [5.74, 6) is 0.662. The molecule has 0 aromatic rings. The molecule has 20 heavy (non-hydrogen) atoms. The molecule has 0 radical (unpaired) electrons. The van der Waals surface area contributed by atoms with Gasteiger partial charge in [-0.1, -0.05) is 39.5 Å². The van der Waals surface area contributed by atoms with E-state index in [-0.39, 0.29) is 24.1 Å². The molecule has 3 unspecified atom stereocenters. The number of amides is 1. The fraction of sp³-hybridized carbons (Fsp3) is 0.938. The lowest BCUT2D eigenvalue weighted by Gasteiger charge is -2.41. The van der Waals surface area contributed by atoms with Crippen molar-refractivity contribution in [2.45, 2.75) is 77.3 Å². The molecule has 0 bridgehead atoms. The molecular weight excluding hydrogens is 252 g/mol. The van der Waals surface area contributed by atoms with Crippen LogP contribution in [-0.2, 0) is 4.79 Å². The van der Waals surface area contributed by atoms with Gasteiger partial charge in [0.1, 0.15) is 0 Å². The lowest BCUT2D eigenvalue weighted by atomic mass is 9.76. The van der Waals surface area contributed by atoms with E-state index in [2.05, 4.69) is 24.5 Å². The molecule has 1 amide bonds. The first kappa shape index (κ1) is 17.4. The molecule has 0 spiro atoms. The molecular formula is C16H32N2O2. The Morgan fingerprint density at radius 1 is 1.45 bits per heavy atom. The first-order valence-electron chi connectivity index (χ1n) is 8.19. The number of rotatable bonds is 8. The summed E-state index contributed by atoms with van der Waals surface area (Å²) < 4.78 is 0. The summed E-state index contributed by atoms with van der Waals surface area (Å²) in [6.07, 6.45) is 7.62. The Morgan fingerprint density at radius 2 is 2.20 bits per heavy atom. The maximum atomic E-state index is 12.1. The van der Waals surface area contributed by atoms with Crippen LogP contribution in [0.5, 0.6) is 0 Å². The quantitative estimate of drug-likeness (QED) is 0.599. The Bertz CT molecular complexity index is 296. The van der Waals surface area contributed by atoms with Gasteiger partial charge in [0.05, 0.1) is 12.6 Å². The number of hydrogen-bond donors (Lipinski definition) is 3. The predicted octanol–water partition coefficient (Wildman–Crippen LogP) is 2.21. The van der Waals surface area contributed by atoms with E-state index in [1.807, 2.05) is 6.92 Å². The Kier molecular flexibility index (Phi) is 7.52. The smallest absolute Gasteiger partial charge is 0.236 e. The Hall–Kier alpha value is -0.610. The highest BCUT2D eigenvalue weighted by atomic mass is 16.3. The highest BCUT2D eigenvalue weighted by Gasteiger charge is 2.36. The van der Waals surface area contributed by atoms with Crippen LogP contribution in [0.4, 0.5) is 0 Å². The molecule has 0 heterocycles. The molecule has 0 aromatic heterocycles. The zero-order valence-corrected chi connectivity index (χ0v) is 13.4. The minimum absolute atomic E-state index is 0.0483. The lowest BCUT2D eigenvalue weighted by Crippen LogP contribution is -2.58. The molecule has 1 aliphatic rings. The summed E-state index contributed by atoms with van der Waals surface area (Å²) in [7, 11) is 0. The highest BCUT2D eigenvalue weighted by molar-refractivity contribution is 5.81. The van der Waals surface area contributed by atoms with Crippen molar-refractivity contribution >= 4 is 5.91 Å². The van der Waals surface area contributed by atoms with Crippen molar-refractivity contribution in [2.24, 2.45) is 5.92 Å². The average Bonchev–Trinajstić information content (AvgIpc) is 2.43. The second-order valence-corrected chi connectivity index (χ2v) is 6.50. The predicted molar refractivity (Wildman–Crippen MR) is 82.6 cm³/mol. The largest absolute Gasteiger partial charge is 0.394 e. The lowest BCUT2D eigenvalue weighted by molar-refractivity contribution is -0.123. The number of carbonyl (C=O) groups excluding carboxylic acids is 1. The van der Waals surface area contributed by atoms with E-state index in [9.17, 15) is 9.90 Å². The number of hydrogen-bond acceptors (Lipinski definition) is 3. The van der Waals surface area contributed by atoms with Crippen LogP contribution in [0.2, 0.25) is 0 Å². The van der Waals surface area contributed by atoms with Crippen molar-refractivity contribution in [3.63, 3.8) is 0 Å². The van der Waals surface area contributed by atoms with Crippen LogP contribution in [0.1, 0.15) is 65.7 Å². The molecule has 1 aliphatic carbocycles. The molecule has 0 aromatic carbocycles. The Morgan fingerprint density at radius 3 is 2.80 bits per heavy atom. The van der Waals surface area contributed by atoms with Gasteiger partial charge in [-0.25, -0.2) is 0 Å². The van der Waals surface area contributed by atoms with Gasteiger partial charge in [0, 0.05) is 12.1 Å². The molecule has 1 saturated carbocycles. The van der Waals surface area contributed by atoms with E-state index in [0.29, 0.717) is 5.92 Å². The average molecular weight is 284 g/mol. The number of aliphatic hydroxyl groups excluding tert-OH is 1. The van der Waals surface area contributed by atoms with Gasteiger partial charge in [-0.2, -0.15) is 0 Å². The van der Waals surface area contributed by atoms with Crippen LogP contribution in [-0.4, -0.2) is 35.7 Å². The van der Waals surface area contributed by atoms with Crippen LogP contribution in [0, 0.1) is 5.92 Å². The van der Waals surface area contributed by atoms with E-state index in [0.717, 1.165) is 45.1 Å². The summed E-state index contributed by atoms with van der Waals surface area (Å²) in [5, 5.41) is 16.1. The van der Waals surface area contributed by atoms with Crippen LogP contribution < -0.4 is 10.6 Å². The summed E-state index contributed by atoms with van der Waals surface area (Å²) in [6.45, 7) is 7.14. The van der Waals surface area contributed by atoms with E-state index in [1.54, 1.807) is 0 Å². The Labute approximate surface area is 123 Å². The molecule has 0 aliphatic heterocycles. The minimum atomic E-state index is -0.266. The minimum Gasteiger partial charge on any atom is -0.394 e. The first-order chi connectivity index (χ1) is 9.53. The van der Waals surface area contributed by atoms with Crippen LogP contribution in [0.15, 0.2) is 0 Å². The van der Waals surface area contributed by atoms with E-state index >= 15 is 0 Å². The van der Waals surface area contributed by atoms with Gasteiger partial charge < -0.3 is 10.4 Å². The molecule has 4 nitrogen and oxygen atoms in total. The van der Waals surface area contributed by atoms with Gasteiger partial charge in [-0.15, -0.1) is 0 Å². The second-order valence-electron chi connectivity index (χ2n) is 6.50. The van der Waals surface area contributed by atoms with Gasteiger partial charge in [0.25, 0.3) is 0 Å². The molecule has 1 rings (SSSR count). The molecule has 3 atom stereocenters. The van der Waals surface area contributed by atoms with E-state index < -0.39 is 0 Å². The molecule has 118 valence electrons. The van der Waals surface area contributed by atoms with Gasteiger partial charge in [0.15, 0.2) is 0 Å². The molecule has 4 heteroatoms. The third-order valence-electron chi connectivity index (χ3n) is 4.39. The SMILES string of the molecule is CCCCCNC(=O)C(C)NC1(CO)CCCC(C)C1. The molecule has 0 saturated heterocycles. The van der Waals surface area contributed by atoms with Gasteiger partial charge in [0.2, 0.25) is 5.91 Å². The fourth-order valence-electron chi connectivity index (χ4n) is 3.24. The normalized spacial score (nSPS) is 28.1. The maximum Gasteiger partial charge on any atom is 0.236 e. The zero-order valence-electron chi connectivity index (χ0n) is 13.4. The zero-order chi connectivity index (χ0) is 15.0. The second kappa shape index (κ2) is 8.63.